The average molecular weight is 368 g/mol. The van der Waals surface area contributed by atoms with Gasteiger partial charge in [0.1, 0.15) is 5.56 Å². The van der Waals surface area contributed by atoms with Crippen LogP contribution >= 0.6 is 11.3 Å². The molecule has 1 N–H and O–H groups in total. The normalized spacial score (nSPS) is 13.6. The third-order valence-corrected chi connectivity index (χ3v) is 5.45. The molecule has 1 aliphatic heterocycles. The van der Waals surface area contributed by atoms with E-state index < -0.39 is 0 Å². The molecule has 0 spiro atoms. The van der Waals surface area contributed by atoms with Crippen LogP contribution in [0.1, 0.15) is 28.8 Å². The number of fused-ring (bicyclic) bond motifs is 2. The summed E-state index contributed by atoms with van der Waals surface area (Å²) in [6.45, 7) is 2.46. The summed E-state index contributed by atoms with van der Waals surface area (Å²) in [5.74, 6) is -0.359. The molecule has 1 aliphatic rings. The van der Waals surface area contributed by atoms with Gasteiger partial charge < -0.3 is 10.2 Å². The van der Waals surface area contributed by atoms with E-state index in [9.17, 15) is 9.59 Å². The molecule has 1 amide bonds. The summed E-state index contributed by atoms with van der Waals surface area (Å²) in [5.41, 5.74) is 2.46. The van der Waals surface area contributed by atoms with Gasteiger partial charge in [-0.1, -0.05) is 18.2 Å². The maximum absolute atomic E-state index is 12.3. The Morgan fingerprint density at radius 1 is 1.31 bits per heavy atom. The van der Waals surface area contributed by atoms with E-state index in [4.69, 9.17) is 0 Å². The Morgan fingerprint density at radius 3 is 3.12 bits per heavy atom. The third-order valence-electron chi connectivity index (χ3n) is 4.68. The van der Waals surface area contributed by atoms with Crippen molar-refractivity contribution in [1.29, 1.82) is 0 Å². The quantitative estimate of drug-likeness (QED) is 0.702. The van der Waals surface area contributed by atoms with Crippen LogP contribution in [0.25, 0.3) is 4.96 Å². The number of thiazole rings is 1. The number of carbonyl (C=O) groups excluding carboxylic acids is 1. The molecule has 0 unspecified atom stereocenters. The molecule has 134 valence electrons. The van der Waals surface area contributed by atoms with Crippen LogP contribution in [0.15, 0.2) is 46.8 Å². The van der Waals surface area contributed by atoms with E-state index in [1.165, 1.54) is 33.2 Å². The number of rotatable bonds is 5. The first-order valence-corrected chi connectivity index (χ1v) is 9.68. The first kappa shape index (κ1) is 16.8. The minimum atomic E-state index is -0.359. The zero-order valence-corrected chi connectivity index (χ0v) is 15.2. The number of aryl methyl sites for hydroxylation is 1. The van der Waals surface area contributed by atoms with Crippen LogP contribution in [0, 0.1) is 0 Å². The summed E-state index contributed by atoms with van der Waals surface area (Å²) in [4.78, 5) is 31.7. The second-order valence-corrected chi connectivity index (χ2v) is 7.23. The summed E-state index contributed by atoms with van der Waals surface area (Å²) >= 11 is 1.37. The van der Waals surface area contributed by atoms with Gasteiger partial charge in [0.05, 0.1) is 0 Å². The van der Waals surface area contributed by atoms with Gasteiger partial charge in [-0.25, -0.2) is 4.98 Å². The molecule has 1 aromatic carbocycles. The topological polar surface area (TPSA) is 66.7 Å². The van der Waals surface area contributed by atoms with Gasteiger partial charge in [0, 0.05) is 43.1 Å². The molecule has 3 aromatic rings. The zero-order valence-electron chi connectivity index (χ0n) is 14.4. The van der Waals surface area contributed by atoms with Crippen molar-refractivity contribution in [3.05, 3.63) is 63.5 Å². The molecule has 0 atom stereocenters. The number of anilines is 1. The van der Waals surface area contributed by atoms with Gasteiger partial charge in [-0.3, -0.25) is 14.0 Å². The van der Waals surface area contributed by atoms with Crippen LogP contribution in [0.4, 0.5) is 5.69 Å². The summed E-state index contributed by atoms with van der Waals surface area (Å²) < 4.78 is 1.41. The van der Waals surface area contributed by atoms with E-state index in [-0.39, 0.29) is 17.0 Å². The fraction of sp³-hybridized carbons (Fsp3) is 0.316. The Hall–Kier alpha value is -2.67. The molecule has 0 fully saturated rings. The van der Waals surface area contributed by atoms with Gasteiger partial charge in [-0.05, 0) is 30.9 Å². The first-order chi connectivity index (χ1) is 12.7. The number of benzene rings is 1. The molecule has 7 heteroatoms. The summed E-state index contributed by atoms with van der Waals surface area (Å²) in [7, 11) is 0. The van der Waals surface area contributed by atoms with Gasteiger partial charge in [0.25, 0.3) is 11.5 Å². The standard InChI is InChI=1S/C19H20N4O2S/c24-17(15-13-21-19-23(18(15)25)11-12-26-19)20-8-4-10-22-9-3-6-14-5-1-2-7-16(14)22/h1-2,5,7,11-13H,3-4,6,8-10H2,(H,20,24). The van der Waals surface area contributed by atoms with Crippen LogP contribution in [-0.4, -0.2) is 34.9 Å². The molecule has 0 saturated carbocycles. The fourth-order valence-electron chi connectivity index (χ4n) is 3.39. The van der Waals surface area contributed by atoms with E-state index in [0.717, 1.165) is 32.4 Å². The number of para-hydroxylation sites is 1. The Kier molecular flexibility index (Phi) is 4.71. The minimum Gasteiger partial charge on any atom is -0.371 e. The molecule has 4 rings (SSSR count). The summed E-state index contributed by atoms with van der Waals surface area (Å²) in [6.07, 6.45) is 6.12. The molecule has 26 heavy (non-hydrogen) atoms. The number of aromatic nitrogens is 2. The molecule has 2 aromatic heterocycles. The molecular formula is C19H20N4O2S. The van der Waals surface area contributed by atoms with Crippen molar-refractivity contribution >= 4 is 27.9 Å². The molecule has 6 nitrogen and oxygen atoms in total. The van der Waals surface area contributed by atoms with Gasteiger partial charge >= 0.3 is 0 Å². The second kappa shape index (κ2) is 7.29. The lowest BCUT2D eigenvalue weighted by atomic mass is 10.0. The van der Waals surface area contributed by atoms with E-state index in [2.05, 4.69) is 39.5 Å². The van der Waals surface area contributed by atoms with Crippen molar-refractivity contribution in [2.24, 2.45) is 0 Å². The summed E-state index contributed by atoms with van der Waals surface area (Å²) in [5, 5.41) is 4.62. The molecule has 3 heterocycles. The zero-order chi connectivity index (χ0) is 17.9. The molecule has 0 saturated heterocycles. The highest BCUT2D eigenvalue weighted by atomic mass is 32.1. The van der Waals surface area contributed by atoms with Crippen molar-refractivity contribution in [2.45, 2.75) is 19.3 Å². The number of nitrogens with zero attached hydrogens (tertiary/aromatic N) is 3. The van der Waals surface area contributed by atoms with Gasteiger partial charge in [0.15, 0.2) is 4.96 Å². The van der Waals surface area contributed by atoms with E-state index in [1.807, 2.05) is 0 Å². The first-order valence-electron chi connectivity index (χ1n) is 8.80. The molecule has 0 bridgehead atoms. The Bertz CT molecular complexity index is 994. The van der Waals surface area contributed by atoms with E-state index >= 15 is 0 Å². The minimum absolute atomic E-state index is 0.0872. The number of carbonyl (C=O) groups is 1. The van der Waals surface area contributed by atoms with Crippen LogP contribution in [0.3, 0.4) is 0 Å². The van der Waals surface area contributed by atoms with E-state index in [0.29, 0.717) is 11.5 Å². The molecule has 0 radical (unpaired) electrons. The number of hydrogen-bond donors (Lipinski definition) is 1. The van der Waals surface area contributed by atoms with Crippen molar-refractivity contribution in [3.8, 4) is 0 Å². The molecule has 0 aliphatic carbocycles. The highest BCUT2D eigenvalue weighted by Gasteiger charge is 2.16. The number of nitrogens with one attached hydrogen (secondary N) is 1. The number of hydrogen-bond acceptors (Lipinski definition) is 5. The SMILES string of the molecule is O=C(NCCCN1CCCc2ccccc21)c1cnc2sccn2c1=O. The maximum Gasteiger partial charge on any atom is 0.271 e. The van der Waals surface area contributed by atoms with Crippen LogP contribution in [0.5, 0.6) is 0 Å². The average Bonchev–Trinajstić information content (AvgIpc) is 3.15. The predicted octanol–water partition coefficient (Wildman–Crippen LogP) is 2.33. The second-order valence-electron chi connectivity index (χ2n) is 6.36. The van der Waals surface area contributed by atoms with E-state index in [1.54, 1.807) is 11.6 Å². The van der Waals surface area contributed by atoms with Crippen molar-refractivity contribution in [3.63, 3.8) is 0 Å². The Balaban J connectivity index is 1.34. The largest absolute Gasteiger partial charge is 0.371 e. The third kappa shape index (κ3) is 3.22. The van der Waals surface area contributed by atoms with Gasteiger partial charge in [-0.2, -0.15) is 0 Å². The monoisotopic (exact) mass is 368 g/mol. The lowest BCUT2D eigenvalue weighted by Gasteiger charge is -2.31. The van der Waals surface area contributed by atoms with Crippen molar-refractivity contribution in [2.75, 3.05) is 24.5 Å². The van der Waals surface area contributed by atoms with Crippen molar-refractivity contribution < 1.29 is 4.79 Å². The summed E-state index contributed by atoms with van der Waals surface area (Å²) in [6, 6.07) is 8.50. The predicted molar refractivity (Wildman–Crippen MR) is 103 cm³/mol. The lowest BCUT2D eigenvalue weighted by molar-refractivity contribution is 0.0951. The van der Waals surface area contributed by atoms with Gasteiger partial charge in [-0.15, -0.1) is 11.3 Å². The Morgan fingerprint density at radius 2 is 2.19 bits per heavy atom. The van der Waals surface area contributed by atoms with Crippen LogP contribution < -0.4 is 15.8 Å². The smallest absolute Gasteiger partial charge is 0.271 e. The highest BCUT2D eigenvalue weighted by Crippen LogP contribution is 2.26. The van der Waals surface area contributed by atoms with Gasteiger partial charge in [0.2, 0.25) is 0 Å². The maximum atomic E-state index is 12.3. The lowest BCUT2D eigenvalue weighted by Crippen LogP contribution is -2.35. The van der Waals surface area contributed by atoms with Crippen LogP contribution in [-0.2, 0) is 6.42 Å². The molecular weight excluding hydrogens is 348 g/mol. The van der Waals surface area contributed by atoms with Crippen molar-refractivity contribution in [1.82, 2.24) is 14.7 Å². The van der Waals surface area contributed by atoms with Crippen LogP contribution in [0.2, 0.25) is 0 Å². The fourth-order valence-corrected chi connectivity index (χ4v) is 4.07. The Labute approximate surface area is 155 Å². The highest BCUT2D eigenvalue weighted by molar-refractivity contribution is 7.15. The number of amides is 1.